The van der Waals surface area contributed by atoms with Gasteiger partial charge < -0.3 is 9.84 Å². The molecule has 5 heteroatoms. The van der Waals surface area contributed by atoms with Crippen LogP contribution in [0.1, 0.15) is 23.2 Å². The summed E-state index contributed by atoms with van der Waals surface area (Å²) < 4.78 is 5.32. The van der Waals surface area contributed by atoms with Crippen LogP contribution < -0.4 is 10.2 Å². The largest absolute Gasteiger partial charge is 0.356 e. The van der Waals surface area contributed by atoms with E-state index in [0.29, 0.717) is 6.54 Å². The van der Waals surface area contributed by atoms with Crippen LogP contribution in [0.3, 0.4) is 0 Å². The lowest BCUT2D eigenvalue weighted by atomic mass is 10.0. The zero-order valence-corrected chi connectivity index (χ0v) is 13.6. The summed E-state index contributed by atoms with van der Waals surface area (Å²) in [7, 11) is 0. The third kappa shape index (κ3) is 2.62. The van der Waals surface area contributed by atoms with Gasteiger partial charge in [-0.2, -0.15) is 0 Å². The van der Waals surface area contributed by atoms with Crippen molar-refractivity contribution < 1.29 is 9.32 Å². The van der Waals surface area contributed by atoms with Crippen molar-refractivity contribution in [3.63, 3.8) is 0 Å². The van der Waals surface area contributed by atoms with Gasteiger partial charge in [-0.1, -0.05) is 35.0 Å². The van der Waals surface area contributed by atoms with Crippen molar-refractivity contribution in [3.05, 3.63) is 59.3 Å². The maximum atomic E-state index is 12.6. The number of benzene rings is 2. The van der Waals surface area contributed by atoms with Gasteiger partial charge >= 0.3 is 6.03 Å². The molecule has 4 rings (SSSR count). The molecule has 24 heavy (non-hydrogen) atoms. The molecule has 5 nitrogen and oxygen atoms in total. The van der Waals surface area contributed by atoms with E-state index in [4.69, 9.17) is 4.52 Å². The predicted molar refractivity (Wildman–Crippen MR) is 93.1 cm³/mol. The first-order valence-corrected chi connectivity index (χ1v) is 8.20. The van der Waals surface area contributed by atoms with Crippen molar-refractivity contribution in [1.82, 2.24) is 10.5 Å². The quantitative estimate of drug-likeness (QED) is 0.781. The van der Waals surface area contributed by atoms with Gasteiger partial charge in [0.15, 0.2) is 5.58 Å². The van der Waals surface area contributed by atoms with E-state index in [-0.39, 0.29) is 6.03 Å². The van der Waals surface area contributed by atoms with Crippen molar-refractivity contribution in [2.75, 3.05) is 11.4 Å². The number of nitrogens with zero attached hydrogens (tertiary/aromatic N) is 2. The van der Waals surface area contributed by atoms with E-state index in [2.05, 4.69) is 16.5 Å². The van der Waals surface area contributed by atoms with Gasteiger partial charge in [-0.3, -0.25) is 4.90 Å². The maximum Gasteiger partial charge on any atom is 0.322 e. The van der Waals surface area contributed by atoms with Crippen LogP contribution in [0, 0.1) is 6.92 Å². The van der Waals surface area contributed by atoms with Gasteiger partial charge in [0, 0.05) is 17.6 Å². The molecule has 2 aromatic carbocycles. The highest BCUT2D eigenvalue weighted by Crippen LogP contribution is 2.26. The van der Waals surface area contributed by atoms with Gasteiger partial charge in [-0.15, -0.1) is 0 Å². The van der Waals surface area contributed by atoms with E-state index in [1.54, 1.807) is 0 Å². The molecule has 0 radical (unpaired) electrons. The monoisotopic (exact) mass is 321 g/mol. The molecular formula is C19H19N3O2. The number of urea groups is 1. The molecule has 2 amide bonds. The molecule has 0 bridgehead atoms. The van der Waals surface area contributed by atoms with E-state index in [0.717, 1.165) is 47.3 Å². The number of aromatic nitrogens is 1. The number of hydrogen-bond donors (Lipinski definition) is 1. The first kappa shape index (κ1) is 14.8. The highest BCUT2D eigenvalue weighted by Gasteiger charge is 2.22. The topological polar surface area (TPSA) is 58.4 Å². The number of anilines is 1. The average molecular weight is 321 g/mol. The summed E-state index contributed by atoms with van der Waals surface area (Å²) in [5, 5.41) is 8.01. The Bertz CT molecular complexity index is 901. The summed E-state index contributed by atoms with van der Waals surface area (Å²) in [6.45, 7) is 3.12. The molecule has 1 N–H and O–H groups in total. The molecule has 1 aliphatic rings. The zero-order valence-electron chi connectivity index (χ0n) is 13.6. The number of carbonyl (C=O) groups excluding carboxylic acids is 1. The van der Waals surface area contributed by atoms with Gasteiger partial charge in [0.25, 0.3) is 0 Å². The third-order valence-corrected chi connectivity index (χ3v) is 4.46. The summed E-state index contributed by atoms with van der Waals surface area (Å²) in [6.07, 6.45) is 2.00. The number of amides is 2. The van der Waals surface area contributed by atoms with E-state index >= 15 is 0 Å². The minimum Gasteiger partial charge on any atom is -0.356 e. The van der Waals surface area contributed by atoms with Crippen LogP contribution in [-0.2, 0) is 13.0 Å². The zero-order chi connectivity index (χ0) is 16.5. The third-order valence-electron chi connectivity index (χ3n) is 4.46. The van der Waals surface area contributed by atoms with Crippen molar-refractivity contribution in [3.8, 4) is 0 Å². The summed E-state index contributed by atoms with van der Waals surface area (Å²) >= 11 is 0. The minimum atomic E-state index is -0.0917. The molecule has 0 saturated heterocycles. The van der Waals surface area contributed by atoms with Crippen molar-refractivity contribution in [1.29, 1.82) is 0 Å². The van der Waals surface area contributed by atoms with Gasteiger partial charge in [0.05, 0.1) is 6.54 Å². The molecule has 0 spiro atoms. The fraction of sp³-hybridized carbons (Fsp3) is 0.263. The summed E-state index contributed by atoms with van der Waals surface area (Å²) in [6, 6.07) is 13.9. The van der Waals surface area contributed by atoms with E-state index in [9.17, 15) is 4.79 Å². The smallest absolute Gasteiger partial charge is 0.322 e. The lowest BCUT2D eigenvalue weighted by molar-refractivity contribution is 0.245. The number of hydrogen-bond acceptors (Lipinski definition) is 3. The summed E-state index contributed by atoms with van der Waals surface area (Å²) in [5.74, 6) is 0. The normalized spacial score (nSPS) is 13.8. The van der Waals surface area contributed by atoms with E-state index < -0.39 is 0 Å². The summed E-state index contributed by atoms with van der Waals surface area (Å²) in [4.78, 5) is 14.4. The highest BCUT2D eigenvalue weighted by molar-refractivity contribution is 5.93. The molecule has 122 valence electrons. The number of fused-ring (bicyclic) bond motifs is 2. The van der Waals surface area contributed by atoms with Crippen LogP contribution in [0.4, 0.5) is 10.5 Å². The lowest BCUT2D eigenvalue weighted by Gasteiger charge is -2.29. The molecule has 0 fully saturated rings. The Balaban J connectivity index is 1.52. The van der Waals surface area contributed by atoms with Crippen LogP contribution in [0.15, 0.2) is 47.0 Å². The molecule has 2 heterocycles. The first-order valence-electron chi connectivity index (χ1n) is 8.20. The van der Waals surface area contributed by atoms with Gasteiger partial charge in [0.2, 0.25) is 0 Å². The fourth-order valence-corrected chi connectivity index (χ4v) is 3.23. The first-order chi connectivity index (χ1) is 11.7. The van der Waals surface area contributed by atoms with Crippen LogP contribution in [0.5, 0.6) is 0 Å². The second-order valence-electron chi connectivity index (χ2n) is 6.17. The molecule has 1 aliphatic heterocycles. The Kier molecular flexibility index (Phi) is 3.69. The standard InChI is InChI=1S/C19H19N3O2/c1-13-8-9-18-15(11-13)16(21-24-18)12-20-19(23)22-10-4-6-14-5-2-3-7-17(14)22/h2-3,5,7-9,11H,4,6,10,12H2,1H3,(H,20,23). The Labute approximate surface area is 140 Å². The Morgan fingerprint density at radius 3 is 3.08 bits per heavy atom. The molecule has 0 aliphatic carbocycles. The number of aryl methyl sites for hydroxylation is 2. The second kappa shape index (κ2) is 6.00. The SMILES string of the molecule is Cc1ccc2onc(CNC(=O)N3CCCc4ccccc43)c2c1. The average Bonchev–Trinajstić information content (AvgIpc) is 3.01. The van der Waals surface area contributed by atoms with E-state index in [1.165, 1.54) is 5.56 Å². The van der Waals surface area contributed by atoms with Gasteiger partial charge in [-0.25, -0.2) is 4.79 Å². The van der Waals surface area contributed by atoms with Gasteiger partial charge in [-0.05, 0) is 43.5 Å². The molecule has 3 aromatic rings. The van der Waals surface area contributed by atoms with Gasteiger partial charge in [0.1, 0.15) is 5.69 Å². The van der Waals surface area contributed by atoms with Crippen molar-refractivity contribution in [2.45, 2.75) is 26.3 Å². The molecule has 0 atom stereocenters. The fourth-order valence-electron chi connectivity index (χ4n) is 3.23. The number of carbonyl (C=O) groups is 1. The Morgan fingerprint density at radius 1 is 1.29 bits per heavy atom. The Morgan fingerprint density at radius 2 is 2.17 bits per heavy atom. The van der Waals surface area contributed by atoms with Crippen LogP contribution in [-0.4, -0.2) is 17.7 Å². The minimum absolute atomic E-state index is 0.0917. The van der Waals surface area contributed by atoms with Crippen molar-refractivity contribution in [2.24, 2.45) is 0 Å². The second-order valence-corrected chi connectivity index (χ2v) is 6.17. The van der Waals surface area contributed by atoms with Crippen LogP contribution in [0.25, 0.3) is 11.0 Å². The highest BCUT2D eigenvalue weighted by atomic mass is 16.5. The molecule has 1 aromatic heterocycles. The van der Waals surface area contributed by atoms with Crippen LogP contribution >= 0.6 is 0 Å². The van der Waals surface area contributed by atoms with E-state index in [1.807, 2.05) is 48.2 Å². The number of rotatable bonds is 2. The Hall–Kier alpha value is -2.82. The number of para-hydroxylation sites is 1. The van der Waals surface area contributed by atoms with Crippen molar-refractivity contribution >= 4 is 22.7 Å². The lowest BCUT2D eigenvalue weighted by Crippen LogP contribution is -2.42. The maximum absolute atomic E-state index is 12.6. The molecular weight excluding hydrogens is 302 g/mol. The summed E-state index contributed by atoms with van der Waals surface area (Å²) in [5.41, 5.74) is 4.87. The predicted octanol–water partition coefficient (Wildman–Crippen LogP) is 3.80. The van der Waals surface area contributed by atoms with Crippen LogP contribution in [0.2, 0.25) is 0 Å². The molecule has 0 unspecified atom stereocenters. The molecule has 0 saturated carbocycles. The number of nitrogens with one attached hydrogen (secondary N) is 1.